The summed E-state index contributed by atoms with van der Waals surface area (Å²) < 4.78 is 23.4. The molecule has 2 aromatic rings. The van der Waals surface area contributed by atoms with E-state index in [9.17, 15) is 13.2 Å². The minimum Gasteiger partial charge on any atom is -0.322 e. The molecule has 0 saturated carbocycles. The van der Waals surface area contributed by atoms with E-state index in [0.29, 0.717) is 16.8 Å². The number of rotatable bonds is 3. The van der Waals surface area contributed by atoms with Crippen molar-refractivity contribution in [3.8, 4) is 0 Å². The first kappa shape index (κ1) is 19.1. The van der Waals surface area contributed by atoms with Crippen molar-refractivity contribution < 1.29 is 13.2 Å². The maximum atomic E-state index is 12.5. The summed E-state index contributed by atoms with van der Waals surface area (Å²) in [6.07, 6.45) is 0. The quantitative estimate of drug-likeness (QED) is 0.878. The van der Waals surface area contributed by atoms with Crippen molar-refractivity contribution in [2.75, 3.05) is 5.32 Å². The molecule has 0 radical (unpaired) electrons. The van der Waals surface area contributed by atoms with E-state index in [1.165, 1.54) is 6.07 Å². The van der Waals surface area contributed by atoms with Crippen LogP contribution in [0.5, 0.6) is 0 Å². The van der Waals surface area contributed by atoms with Gasteiger partial charge in [-0.05, 0) is 60.2 Å². The van der Waals surface area contributed by atoms with E-state index in [1.807, 2.05) is 24.3 Å². The molecular formula is C19H24N2O3S. The number of anilines is 1. The highest BCUT2D eigenvalue weighted by Crippen LogP contribution is 2.24. The van der Waals surface area contributed by atoms with Crippen molar-refractivity contribution in [2.24, 2.45) is 5.14 Å². The fourth-order valence-electron chi connectivity index (χ4n) is 2.51. The lowest BCUT2D eigenvalue weighted by Crippen LogP contribution is -2.18. The average Bonchev–Trinajstić information content (AvgIpc) is 2.48. The van der Waals surface area contributed by atoms with Gasteiger partial charge in [-0.1, -0.05) is 32.9 Å². The Kier molecular flexibility index (Phi) is 5.06. The Morgan fingerprint density at radius 3 is 2.08 bits per heavy atom. The molecule has 0 aliphatic heterocycles. The van der Waals surface area contributed by atoms with Crippen LogP contribution < -0.4 is 10.5 Å². The second kappa shape index (κ2) is 6.61. The van der Waals surface area contributed by atoms with E-state index in [2.05, 4.69) is 26.1 Å². The summed E-state index contributed by atoms with van der Waals surface area (Å²) in [5, 5.41) is 8.03. The van der Waals surface area contributed by atoms with Crippen LogP contribution in [0.15, 0.2) is 41.3 Å². The number of hydrogen-bond donors (Lipinski definition) is 2. The van der Waals surface area contributed by atoms with Gasteiger partial charge in [0.05, 0.1) is 4.90 Å². The molecule has 25 heavy (non-hydrogen) atoms. The number of sulfonamides is 1. The molecule has 0 atom stereocenters. The van der Waals surface area contributed by atoms with Crippen LogP contribution >= 0.6 is 0 Å². The Balaban J connectivity index is 2.31. The number of nitrogens with two attached hydrogens (primary N) is 1. The number of hydrogen-bond acceptors (Lipinski definition) is 3. The van der Waals surface area contributed by atoms with Crippen LogP contribution in [0.1, 0.15) is 47.8 Å². The van der Waals surface area contributed by atoms with E-state index in [1.54, 1.807) is 19.9 Å². The second-order valence-electron chi connectivity index (χ2n) is 7.24. The highest BCUT2D eigenvalue weighted by Gasteiger charge is 2.18. The Morgan fingerprint density at radius 2 is 1.60 bits per heavy atom. The summed E-state index contributed by atoms with van der Waals surface area (Å²) in [6.45, 7) is 9.76. The van der Waals surface area contributed by atoms with Crippen LogP contribution in [0.3, 0.4) is 0 Å². The molecule has 3 N–H and O–H groups in total. The first-order valence-corrected chi connectivity index (χ1v) is 9.50. The zero-order valence-electron chi connectivity index (χ0n) is 15.2. The van der Waals surface area contributed by atoms with Gasteiger partial charge in [-0.25, -0.2) is 13.6 Å². The smallest absolute Gasteiger partial charge is 0.255 e. The third-order valence-corrected chi connectivity index (χ3v) is 5.23. The van der Waals surface area contributed by atoms with Crippen LogP contribution in [0.4, 0.5) is 5.69 Å². The van der Waals surface area contributed by atoms with Gasteiger partial charge in [0, 0.05) is 11.3 Å². The van der Waals surface area contributed by atoms with Gasteiger partial charge in [-0.3, -0.25) is 4.79 Å². The number of amides is 1. The number of aryl methyl sites for hydroxylation is 1. The molecule has 0 saturated heterocycles. The van der Waals surface area contributed by atoms with Gasteiger partial charge in [-0.15, -0.1) is 0 Å². The maximum absolute atomic E-state index is 12.5. The van der Waals surface area contributed by atoms with Crippen LogP contribution in [0.2, 0.25) is 0 Å². The number of primary sulfonamides is 1. The van der Waals surface area contributed by atoms with Crippen molar-refractivity contribution in [3.05, 3.63) is 58.7 Å². The Hall–Kier alpha value is -2.18. The van der Waals surface area contributed by atoms with Crippen LogP contribution in [0.25, 0.3) is 0 Å². The van der Waals surface area contributed by atoms with Crippen molar-refractivity contribution in [1.82, 2.24) is 0 Å². The zero-order chi connectivity index (χ0) is 19.0. The maximum Gasteiger partial charge on any atom is 0.255 e. The highest BCUT2D eigenvalue weighted by molar-refractivity contribution is 7.89. The molecule has 0 aromatic heterocycles. The summed E-state index contributed by atoms with van der Waals surface area (Å²) >= 11 is 0. The monoisotopic (exact) mass is 360 g/mol. The molecule has 0 aliphatic carbocycles. The predicted molar refractivity (Wildman–Crippen MR) is 100 cm³/mol. The Bertz CT molecular complexity index is 909. The molecule has 0 aliphatic rings. The summed E-state index contributed by atoms with van der Waals surface area (Å²) in [5.74, 6) is -0.378. The molecule has 0 bridgehead atoms. The van der Waals surface area contributed by atoms with Gasteiger partial charge in [0.2, 0.25) is 10.0 Å². The summed E-state index contributed by atoms with van der Waals surface area (Å²) in [5.41, 5.74) is 3.34. The van der Waals surface area contributed by atoms with Gasteiger partial charge in [0.1, 0.15) is 0 Å². The van der Waals surface area contributed by atoms with Gasteiger partial charge in [0.25, 0.3) is 5.91 Å². The topological polar surface area (TPSA) is 89.3 Å². The van der Waals surface area contributed by atoms with Crippen LogP contribution in [0, 0.1) is 13.8 Å². The summed E-state index contributed by atoms with van der Waals surface area (Å²) in [6, 6.07) is 10.6. The fourth-order valence-corrected chi connectivity index (χ4v) is 3.39. The number of benzene rings is 2. The van der Waals surface area contributed by atoms with Gasteiger partial charge in [0.15, 0.2) is 0 Å². The second-order valence-corrected chi connectivity index (χ2v) is 8.77. The van der Waals surface area contributed by atoms with E-state index >= 15 is 0 Å². The minimum atomic E-state index is -3.89. The number of carbonyl (C=O) groups is 1. The first-order chi connectivity index (χ1) is 11.4. The van der Waals surface area contributed by atoms with Crippen molar-refractivity contribution in [1.29, 1.82) is 0 Å². The summed E-state index contributed by atoms with van der Waals surface area (Å²) in [4.78, 5) is 12.5. The van der Waals surface area contributed by atoms with Gasteiger partial charge in [-0.2, -0.15) is 0 Å². The fraction of sp³-hybridized carbons (Fsp3) is 0.316. The molecule has 2 rings (SSSR count). The average molecular weight is 360 g/mol. The lowest BCUT2D eigenvalue weighted by molar-refractivity contribution is 0.102. The van der Waals surface area contributed by atoms with Gasteiger partial charge < -0.3 is 5.32 Å². The normalized spacial score (nSPS) is 12.1. The van der Waals surface area contributed by atoms with Crippen LogP contribution in [-0.4, -0.2) is 14.3 Å². The Labute approximate surface area is 149 Å². The molecule has 0 unspecified atom stereocenters. The van der Waals surface area contributed by atoms with E-state index in [-0.39, 0.29) is 21.8 Å². The van der Waals surface area contributed by atoms with Crippen LogP contribution in [-0.2, 0) is 15.4 Å². The molecule has 5 nitrogen and oxygen atoms in total. The molecule has 2 aromatic carbocycles. The molecule has 134 valence electrons. The lowest BCUT2D eigenvalue weighted by Gasteiger charge is -2.19. The van der Waals surface area contributed by atoms with E-state index < -0.39 is 10.0 Å². The van der Waals surface area contributed by atoms with Crippen molar-refractivity contribution in [3.63, 3.8) is 0 Å². The van der Waals surface area contributed by atoms with Gasteiger partial charge >= 0.3 is 0 Å². The molecule has 0 fully saturated rings. The largest absolute Gasteiger partial charge is 0.322 e. The zero-order valence-corrected chi connectivity index (χ0v) is 16.0. The minimum absolute atomic E-state index is 0.0271. The number of carbonyl (C=O) groups excluding carboxylic acids is 1. The third-order valence-electron chi connectivity index (χ3n) is 4.20. The third kappa shape index (κ3) is 4.46. The standard InChI is InChI=1S/C19H24N2O3S/c1-12-10-14(11-17(13(12)2)25(20,23)24)18(22)21-16-8-6-15(7-9-16)19(3,4)5/h6-11H,1-5H3,(H,21,22)(H2,20,23,24). The van der Waals surface area contributed by atoms with Crippen molar-refractivity contribution >= 4 is 21.6 Å². The highest BCUT2D eigenvalue weighted by atomic mass is 32.2. The predicted octanol–water partition coefficient (Wildman–Crippen LogP) is 3.50. The molecule has 6 heteroatoms. The van der Waals surface area contributed by atoms with E-state index in [4.69, 9.17) is 5.14 Å². The first-order valence-electron chi connectivity index (χ1n) is 7.95. The number of nitrogens with one attached hydrogen (secondary N) is 1. The lowest BCUT2D eigenvalue weighted by atomic mass is 9.87. The Morgan fingerprint density at radius 1 is 1.04 bits per heavy atom. The van der Waals surface area contributed by atoms with E-state index in [0.717, 1.165) is 5.56 Å². The van der Waals surface area contributed by atoms with Crippen molar-refractivity contribution in [2.45, 2.75) is 44.9 Å². The molecular weight excluding hydrogens is 336 g/mol. The SMILES string of the molecule is Cc1cc(C(=O)Nc2ccc(C(C)(C)C)cc2)cc(S(N)(=O)=O)c1C. The molecule has 1 amide bonds. The molecule has 0 spiro atoms. The summed E-state index contributed by atoms with van der Waals surface area (Å²) in [7, 11) is -3.89. The molecule has 0 heterocycles.